The highest BCUT2D eigenvalue weighted by Gasteiger charge is 2.67. The van der Waals surface area contributed by atoms with Crippen molar-refractivity contribution in [3.05, 3.63) is 0 Å². The van der Waals surface area contributed by atoms with E-state index in [2.05, 4.69) is 13.8 Å². The Labute approximate surface area is 78.6 Å². The van der Waals surface area contributed by atoms with Crippen LogP contribution in [0.4, 0.5) is 0 Å². The Bertz CT molecular complexity index is 355. The first-order chi connectivity index (χ1) is 5.93. The van der Waals surface area contributed by atoms with Crippen LogP contribution < -0.4 is 0 Å². The molecule has 1 aliphatic heterocycles. The van der Waals surface area contributed by atoms with Crippen molar-refractivity contribution in [2.24, 2.45) is 17.3 Å². The highest BCUT2D eigenvalue weighted by Crippen LogP contribution is 2.62. The zero-order chi connectivity index (χ0) is 9.43. The van der Waals surface area contributed by atoms with E-state index in [1.807, 2.05) is 0 Å². The summed E-state index contributed by atoms with van der Waals surface area (Å²) in [4.78, 5) is 0. The predicted molar refractivity (Wildman–Crippen MR) is 47.6 cm³/mol. The number of hydrogen-bond donors (Lipinski definition) is 0. The lowest BCUT2D eigenvalue weighted by molar-refractivity contribution is 0.147. The van der Waals surface area contributed by atoms with Gasteiger partial charge in [-0.15, -0.1) is 0 Å². The zero-order valence-corrected chi connectivity index (χ0v) is 8.67. The van der Waals surface area contributed by atoms with Crippen molar-refractivity contribution in [1.82, 2.24) is 0 Å². The number of fused-ring (bicyclic) bond motifs is 1. The van der Waals surface area contributed by atoms with Gasteiger partial charge in [0.05, 0.1) is 11.4 Å². The van der Waals surface area contributed by atoms with Gasteiger partial charge in [0.2, 0.25) is 0 Å². The monoisotopic (exact) mass is 202 g/mol. The lowest BCUT2D eigenvalue weighted by atomic mass is 9.75. The molecule has 13 heavy (non-hydrogen) atoms. The van der Waals surface area contributed by atoms with Gasteiger partial charge in [-0.2, -0.15) is 8.42 Å². The van der Waals surface area contributed by atoms with Crippen molar-refractivity contribution < 1.29 is 12.6 Å². The second-order valence-corrected chi connectivity index (χ2v) is 6.89. The molecule has 3 fully saturated rings. The summed E-state index contributed by atoms with van der Waals surface area (Å²) in [6.07, 6.45) is 2.03. The van der Waals surface area contributed by atoms with Crippen LogP contribution in [0.15, 0.2) is 0 Å². The third kappa shape index (κ3) is 0.773. The van der Waals surface area contributed by atoms with Crippen LogP contribution in [-0.2, 0) is 14.3 Å². The molecule has 0 N–H and O–H groups in total. The highest BCUT2D eigenvalue weighted by molar-refractivity contribution is 7.87. The van der Waals surface area contributed by atoms with Crippen LogP contribution in [0.1, 0.15) is 26.7 Å². The molecule has 2 aliphatic carbocycles. The first kappa shape index (κ1) is 8.24. The van der Waals surface area contributed by atoms with Crippen LogP contribution in [0.25, 0.3) is 0 Å². The molecule has 3 rings (SSSR count). The Kier molecular flexibility index (Phi) is 1.24. The Balaban J connectivity index is 2.19. The van der Waals surface area contributed by atoms with Crippen LogP contribution in [0, 0.1) is 17.3 Å². The molecule has 0 aromatic carbocycles. The fourth-order valence-corrected chi connectivity index (χ4v) is 6.01. The van der Waals surface area contributed by atoms with E-state index in [1.54, 1.807) is 0 Å². The summed E-state index contributed by atoms with van der Waals surface area (Å²) >= 11 is 0. The zero-order valence-electron chi connectivity index (χ0n) is 7.86. The molecule has 0 amide bonds. The summed E-state index contributed by atoms with van der Waals surface area (Å²) < 4.78 is 28.5. The van der Waals surface area contributed by atoms with E-state index in [0.29, 0.717) is 11.8 Å². The third-order valence-corrected chi connectivity index (χ3v) is 6.39. The molecule has 4 atom stereocenters. The summed E-state index contributed by atoms with van der Waals surface area (Å²) in [5.74, 6) is 0.856. The molecule has 0 aromatic rings. The van der Waals surface area contributed by atoms with Gasteiger partial charge in [0.15, 0.2) is 0 Å². The first-order valence-corrected chi connectivity index (χ1v) is 6.32. The second kappa shape index (κ2) is 1.96. The Morgan fingerprint density at radius 2 is 2.00 bits per heavy atom. The van der Waals surface area contributed by atoms with E-state index in [4.69, 9.17) is 4.18 Å². The minimum atomic E-state index is -3.24. The Morgan fingerprint density at radius 1 is 1.31 bits per heavy atom. The van der Waals surface area contributed by atoms with Crippen molar-refractivity contribution in [3.8, 4) is 0 Å². The van der Waals surface area contributed by atoms with Gasteiger partial charge in [-0.25, -0.2) is 0 Å². The van der Waals surface area contributed by atoms with Crippen molar-refractivity contribution in [2.75, 3.05) is 0 Å². The Morgan fingerprint density at radius 3 is 2.54 bits per heavy atom. The SMILES string of the molecule is CC1(C)C2CC3OS(=O)(=O)C1C3C2. The van der Waals surface area contributed by atoms with Crippen molar-refractivity contribution in [2.45, 2.75) is 38.0 Å². The lowest BCUT2D eigenvalue weighted by Crippen LogP contribution is -2.38. The lowest BCUT2D eigenvalue weighted by Gasteiger charge is -2.32. The van der Waals surface area contributed by atoms with E-state index >= 15 is 0 Å². The highest BCUT2D eigenvalue weighted by atomic mass is 32.2. The summed E-state index contributed by atoms with van der Waals surface area (Å²) in [6.45, 7) is 4.15. The normalized spacial score (nSPS) is 54.3. The molecule has 0 radical (unpaired) electrons. The van der Waals surface area contributed by atoms with Gasteiger partial charge in [-0.3, -0.25) is 4.18 Å². The van der Waals surface area contributed by atoms with Gasteiger partial charge in [0, 0.05) is 5.92 Å². The van der Waals surface area contributed by atoms with E-state index < -0.39 is 10.1 Å². The van der Waals surface area contributed by atoms with Crippen molar-refractivity contribution in [3.63, 3.8) is 0 Å². The number of hydrogen-bond acceptors (Lipinski definition) is 3. The van der Waals surface area contributed by atoms with Crippen LogP contribution in [0.2, 0.25) is 0 Å². The van der Waals surface area contributed by atoms with Gasteiger partial charge in [-0.05, 0) is 24.2 Å². The molecule has 3 aliphatic rings. The minimum absolute atomic E-state index is 0.0213. The second-order valence-electron chi connectivity index (χ2n) is 5.20. The van der Waals surface area contributed by atoms with E-state index in [-0.39, 0.29) is 16.8 Å². The fraction of sp³-hybridized carbons (Fsp3) is 1.00. The van der Waals surface area contributed by atoms with Crippen LogP contribution >= 0.6 is 0 Å². The van der Waals surface area contributed by atoms with Gasteiger partial charge in [0.1, 0.15) is 0 Å². The molecule has 4 heteroatoms. The summed E-state index contributed by atoms with van der Waals surface area (Å²) in [6, 6.07) is 0. The molecule has 1 saturated heterocycles. The standard InChI is InChI=1S/C9H14O3S/c1-9(2)5-3-6-7(4-5)12-13(10,11)8(6)9/h5-8H,3-4H2,1-2H3. The van der Waals surface area contributed by atoms with Gasteiger partial charge in [0.25, 0.3) is 10.1 Å². The van der Waals surface area contributed by atoms with Crippen LogP contribution in [-0.4, -0.2) is 19.8 Å². The maximum absolute atomic E-state index is 11.7. The van der Waals surface area contributed by atoms with Crippen LogP contribution in [0.3, 0.4) is 0 Å². The smallest absolute Gasteiger partial charge is 0.266 e. The minimum Gasteiger partial charge on any atom is -0.266 e. The summed E-state index contributed by atoms with van der Waals surface area (Å²) in [5.41, 5.74) is -0.0590. The van der Waals surface area contributed by atoms with E-state index in [1.165, 1.54) is 0 Å². The first-order valence-electron chi connectivity index (χ1n) is 4.85. The molecule has 3 nitrogen and oxygen atoms in total. The predicted octanol–water partition coefficient (Wildman–Crippen LogP) is 1.15. The van der Waals surface area contributed by atoms with Crippen molar-refractivity contribution >= 4 is 10.1 Å². The average molecular weight is 202 g/mol. The quantitative estimate of drug-likeness (QED) is 0.553. The molecule has 4 unspecified atom stereocenters. The van der Waals surface area contributed by atoms with Gasteiger partial charge in [-0.1, -0.05) is 13.8 Å². The summed E-state index contributed by atoms with van der Waals surface area (Å²) in [5, 5.41) is -0.219. The molecule has 1 heterocycles. The molecule has 0 spiro atoms. The third-order valence-electron chi connectivity index (χ3n) is 4.29. The van der Waals surface area contributed by atoms with E-state index in [9.17, 15) is 8.42 Å². The van der Waals surface area contributed by atoms with Crippen molar-refractivity contribution in [1.29, 1.82) is 0 Å². The molecule has 2 saturated carbocycles. The summed E-state index contributed by atoms with van der Waals surface area (Å²) in [7, 11) is -3.24. The Hall–Kier alpha value is -0.0900. The molecular weight excluding hydrogens is 188 g/mol. The van der Waals surface area contributed by atoms with E-state index in [0.717, 1.165) is 12.8 Å². The fourth-order valence-electron chi connectivity index (χ4n) is 3.67. The van der Waals surface area contributed by atoms with Gasteiger partial charge >= 0.3 is 0 Å². The molecule has 74 valence electrons. The largest absolute Gasteiger partial charge is 0.271 e. The average Bonchev–Trinajstić information content (AvgIpc) is 2.43. The van der Waals surface area contributed by atoms with Crippen LogP contribution in [0.5, 0.6) is 0 Å². The molecule has 2 bridgehead atoms. The maximum Gasteiger partial charge on any atom is 0.271 e. The maximum atomic E-state index is 11.7. The van der Waals surface area contributed by atoms with Gasteiger partial charge < -0.3 is 0 Å². The number of rotatable bonds is 0. The topological polar surface area (TPSA) is 43.4 Å². The molecular formula is C9H14O3S. The molecule has 0 aromatic heterocycles.